The number of amides is 2. The number of carbonyl (C=O) groups is 2. The fourth-order valence-corrected chi connectivity index (χ4v) is 3.08. The molecule has 1 aromatic heterocycles. The van der Waals surface area contributed by atoms with Gasteiger partial charge in [-0.05, 0) is 5.92 Å². The van der Waals surface area contributed by atoms with E-state index in [4.69, 9.17) is 0 Å². The maximum absolute atomic E-state index is 12.5. The summed E-state index contributed by atoms with van der Waals surface area (Å²) >= 11 is 1.58. The molecule has 0 radical (unpaired) electrons. The number of piperazine rings is 1. The van der Waals surface area contributed by atoms with Gasteiger partial charge in [0.2, 0.25) is 11.8 Å². The van der Waals surface area contributed by atoms with Crippen molar-refractivity contribution in [2.45, 2.75) is 39.2 Å². The van der Waals surface area contributed by atoms with Gasteiger partial charge in [-0.1, -0.05) is 27.2 Å². The van der Waals surface area contributed by atoms with E-state index in [1.54, 1.807) is 22.4 Å². The Morgan fingerprint density at radius 2 is 2.25 bits per heavy atom. The molecular formula is C14H21N3O2S. The number of hydrogen-bond acceptors (Lipinski definition) is 4. The lowest BCUT2D eigenvalue weighted by Gasteiger charge is -2.36. The van der Waals surface area contributed by atoms with Gasteiger partial charge >= 0.3 is 0 Å². The zero-order valence-corrected chi connectivity index (χ0v) is 12.9. The van der Waals surface area contributed by atoms with Crippen LogP contribution in [0.15, 0.2) is 11.6 Å². The highest BCUT2D eigenvalue weighted by molar-refractivity contribution is 7.09. The number of carbonyl (C=O) groups excluding carboxylic acids is 2. The number of aromatic nitrogens is 1. The predicted molar refractivity (Wildman–Crippen MR) is 78.5 cm³/mol. The number of thiazole rings is 1. The van der Waals surface area contributed by atoms with Gasteiger partial charge in [-0.15, -0.1) is 11.3 Å². The number of nitrogens with zero attached hydrogens (tertiary/aromatic N) is 2. The highest BCUT2D eigenvalue weighted by Gasteiger charge is 2.36. The average Bonchev–Trinajstić information content (AvgIpc) is 2.95. The molecule has 20 heavy (non-hydrogen) atoms. The van der Waals surface area contributed by atoms with Crippen LogP contribution in [0.3, 0.4) is 0 Å². The van der Waals surface area contributed by atoms with E-state index < -0.39 is 0 Å². The minimum absolute atomic E-state index is 0.0300. The molecule has 0 aromatic carbocycles. The van der Waals surface area contributed by atoms with Crippen LogP contribution in [0.4, 0.5) is 0 Å². The molecule has 110 valence electrons. The van der Waals surface area contributed by atoms with Crippen molar-refractivity contribution >= 4 is 23.2 Å². The van der Waals surface area contributed by atoms with Crippen LogP contribution < -0.4 is 5.32 Å². The zero-order valence-electron chi connectivity index (χ0n) is 12.1. The fraction of sp³-hybridized carbons (Fsp3) is 0.643. The number of rotatable bonds is 5. The van der Waals surface area contributed by atoms with Crippen LogP contribution in [-0.4, -0.2) is 40.8 Å². The molecule has 5 nitrogen and oxygen atoms in total. The lowest BCUT2D eigenvalue weighted by molar-refractivity contribution is -0.145. The Hall–Kier alpha value is -1.43. The third-order valence-corrected chi connectivity index (χ3v) is 4.82. The summed E-state index contributed by atoms with van der Waals surface area (Å²) in [5.41, 5.74) is 0. The molecular weight excluding hydrogens is 274 g/mol. The maximum atomic E-state index is 12.5. The van der Waals surface area contributed by atoms with Gasteiger partial charge in [-0.3, -0.25) is 9.59 Å². The second-order valence-corrected chi connectivity index (χ2v) is 6.35. The van der Waals surface area contributed by atoms with Gasteiger partial charge in [0.25, 0.3) is 0 Å². The van der Waals surface area contributed by atoms with Crippen molar-refractivity contribution in [3.8, 4) is 0 Å². The molecule has 1 fully saturated rings. The molecule has 1 N–H and O–H groups in total. The molecule has 1 saturated heterocycles. The van der Waals surface area contributed by atoms with Crippen molar-refractivity contribution < 1.29 is 9.59 Å². The lowest BCUT2D eigenvalue weighted by atomic mass is 9.95. The predicted octanol–water partition coefficient (Wildman–Crippen LogP) is 1.62. The van der Waals surface area contributed by atoms with Crippen molar-refractivity contribution in [1.82, 2.24) is 15.2 Å². The van der Waals surface area contributed by atoms with Gasteiger partial charge in [0.05, 0.1) is 11.6 Å². The molecule has 0 bridgehead atoms. The normalized spacial score (nSPS) is 22.6. The lowest BCUT2D eigenvalue weighted by Crippen LogP contribution is -2.60. The molecule has 1 aliphatic rings. The molecule has 0 aliphatic carbocycles. The summed E-state index contributed by atoms with van der Waals surface area (Å²) in [6.07, 6.45) is 2.63. The average molecular weight is 295 g/mol. The molecule has 2 amide bonds. The van der Waals surface area contributed by atoms with E-state index >= 15 is 0 Å². The largest absolute Gasteiger partial charge is 0.342 e. The van der Waals surface area contributed by atoms with Gasteiger partial charge in [-0.25, -0.2) is 4.98 Å². The Morgan fingerprint density at radius 3 is 2.85 bits per heavy atom. The topological polar surface area (TPSA) is 62.3 Å². The molecule has 1 aliphatic heterocycles. The van der Waals surface area contributed by atoms with Crippen molar-refractivity contribution in [1.29, 1.82) is 0 Å². The molecule has 3 unspecified atom stereocenters. The van der Waals surface area contributed by atoms with E-state index in [1.807, 2.05) is 26.2 Å². The standard InChI is InChI=1S/C14H21N3O2S/c1-4-9(2)12-14(19)17(8-11(18)16-12)7-10(3)13-15-5-6-20-13/h5-6,9-10,12H,4,7-8H2,1-3H3,(H,16,18). The second kappa shape index (κ2) is 6.35. The minimum Gasteiger partial charge on any atom is -0.342 e. The van der Waals surface area contributed by atoms with Gasteiger partial charge in [0.15, 0.2) is 0 Å². The van der Waals surface area contributed by atoms with Crippen LogP contribution in [0.25, 0.3) is 0 Å². The van der Waals surface area contributed by atoms with Crippen LogP contribution in [0.1, 0.15) is 38.1 Å². The fourth-order valence-electron chi connectivity index (χ4n) is 2.39. The van der Waals surface area contributed by atoms with Crippen LogP contribution >= 0.6 is 11.3 Å². The molecule has 1 aromatic rings. The smallest absolute Gasteiger partial charge is 0.245 e. The summed E-state index contributed by atoms with van der Waals surface area (Å²) in [6.45, 7) is 6.77. The summed E-state index contributed by atoms with van der Waals surface area (Å²) < 4.78 is 0. The van der Waals surface area contributed by atoms with Crippen molar-refractivity contribution in [3.63, 3.8) is 0 Å². The molecule has 2 heterocycles. The monoisotopic (exact) mass is 295 g/mol. The number of hydrogen-bond donors (Lipinski definition) is 1. The van der Waals surface area contributed by atoms with E-state index in [1.165, 1.54) is 0 Å². The van der Waals surface area contributed by atoms with Crippen LogP contribution in [0, 0.1) is 5.92 Å². The van der Waals surface area contributed by atoms with Crippen molar-refractivity contribution in [2.24, 2.45) is 5.92 Å². The van der Waals surface area contributed by atoms with Gasteiger partial charge < -0.3 is 10.2 Å². The van der Waals surface area contributed by atoms with E-state index in [-0.39, 0.29) is 36.2 Å². The molecule has 0 spiro atoms. The molecule has 3 atom stereocenters. The first-order valence-electron chi connectivity index (χ1n) is 7.00. The van der Waals surface area contributed by atoms with Gasteiger partial charge in [0.1, 0.15) is 6.04 Å². The summed E-state index contributed by atoms with van der Waals surface area (Å²) in [6, 6.07) is -0.384. The minimum atomic E-state index is -0.384. The third-order valence-electron chi connectivity index (χ3n) is 3.81. The van der Waals surface area contributed by atoms with E-state index in [0.29, 0.717) is 6.54 Å². The Kier molecular flexibility index (Phi) is 4.75. The Balaban J connectivity index is 2.06. The van der Waals surface area contributed by atoms with Crippen LogP contribution in [0.2, 0.25) is 0 Å². The Morgan fingerprint density at radius 1 is 1.50 bits per heavy atom. The van der Waals surface area contributed by atoms with Crippen molar-refractivity contribution in [2.75, 3.05) is 13.1 Å². The van der Waals surface area contributed by atoms with Gasteiger partial charge in [-0.2, -0.15) is 0 Å². The highest BCUT2D eigenvalue weighted by atomic mass is 32.1. The molecule has 6 heteroatoms. The third kappa shape index (κ3) is 3.17. The summed E-state index contributed by atoms with van der Waals surface area (Å²) in [7, 11) is 0. The second-order valence-electron chi connectivity index (χ2n) is 5.42. The Bertz CT molecular complexity index is 475. The van der Waals surface area contributed by atoms with Gasteiger partial charge in [0, 0.05) is 24.0 Å². The molecule has 0 saturated carbocycles. The first-order chi connectivity index (χ1) is 9.52. The summed E-state index contributed by atoms with van der Waals surface area (Å²) in [5.74, 6) is 0.274. The van der Waals surface area contributed by atoms with Crippen LogP contribution in [-0.2, 0) is 9.59 Å². The zero-order chi connectivity index (χ0) is 14.7. The quantitative estimate of drug-likeness (QED) is 0.898. The number of nitrogens with one attached hydrogen (secondary N) is 1. The summed E-state index contributed by atoms with van der Waals surface area (Å²) in [5, 5.41) is 5.74. The molecule has 2 rings (SSSR count). The van der Waals surface area contributed by atoms with E-state index in [0.717, 1.165) is 11.4 Å². The maximum Gasteiger partial charge on any atom is 0.245 e. The first-order valence-corrected chi connectivity index (χ1v) is 7.88. The summed E-state index contributed by atoms with van der Waals surface area (Å²) in [4.78, 5) is 30.2. The van der Waals surface area contributed by atoms with E-state index in [2.05, 4.69) is 10.3 Å². The van der Waals surface area contributed by atoms with Crippen molar-refractivity contribution in [3.05, 3.63) is 16.6 Å². The highest BCUT2D eigenvalue weighted by Crippen LogP contribution is 2.21. The first kappa shape index (κ1) is 15.0. The van der Waals surface area contributed by atoms with E-state index in [9.17, 15) is 9.59 Å². The van der Waals surface area contributed by atoms with Crippen LogP contribution in [0.5, 0.6) is 0 Å². The Labute approximate surface area is 123 Å². The SMILES string of the molecule is CCC(C)C1NC(=O)CN(CC(C)c2nccs2)C1=O.